The number of hydrogen-bond acceptors (Lipinski definition) is 2. The second-order valence-electron chi connectivity index (χ2n) is 5.30. The van der Waals surface area contributed by atoms with Gasteiger partial charge in [0.2, 0.25) is 5.91 Å². The van der Waals surface area contributed by atoms with Gasteiger partial charge in [0.25, 0.3) is 0 Å². The zero-order valence-electron chi connectivity index (χ0n) is 12.9. The summed E-state index contributed by atoms with van der Waals surface area (Å²) in [5.41, 5.74) is 2.88. The predicted octanol–water partition coefficient (Wildman–Crippen LogP) is 4.33. The van der Waals surface area contributed by atoms with Gasteiger partial charge in [0.15, 0.2) is 0 Å². The van der Waals surface area contributed by atoms with E-state index >= 15 is 0 Å². The molecule has 116 valence electrons. The van der Waals surface area contributed by atoms with E-state index in [1.54, 1.807) is 0 Å². The first-order valence-corrected chi connectivity index (χ1v) is 7.79. The minimum Gasteiger partial charge on any atom is -0.326 e. The lowest BCUT2D eigenvalue weighted by molar-refractivity contribution is -0.116. The molecule has 0 aromatic heterocycles. The molecule has 0 aliphatic carbocycles. The molecular formula is C18H21ClN2O. The van der Waals surface area contributed by atoms with Gasteiger partial charge in [-0.2, -0.15) is 0 Å². The highest BCUT2D eigenvalue weighted by molar-refractivity contribution is 6.31. The molecule has 3 nitrogen and oxygen atoms in total. The van der Waals surface area contributed by atoms with Crippen molar-refractivity contribution in [2.45, 2.75) is 26.3 Å². The normalized spacial score (nSPS) is 12.0. The molecule has 2 aromatic rings. The highest BCUT2D eigenvalue weighted by atomic mass is 35.5. The number of anilines is 1. The summed E-state index contributed by atoms with van der Waals surface area (Å²) in [6, 6.07) is 15.9. The minimum atomic E-state index is -0.0156. The van der Waals surface area contributed by atoms with E-state index < -0.39 is 0 Å². The summed E-state index contributed by atoms with van der Waals surface area (Å²) in [5.74, 6) is -0.0156. The summed E-state index contributed by atoms with van der Waals surface area (Å²) >= 11 is 6.05. The first-order valence-electron chi connectivity index (χ1n) is 7.41. The monoisotopic (exact) mass is 316 g/mol. The van der Waals surface area contributed by atoms with Crippen molar-refractivity contribution in [1.29, 1.82) is 0 Å². The van der Waals surface area contributed by atoms with Crippen molar-refractivity contribution in [2.75, 3.05) is 11.9 Å². The molecule has 0 bridgehead atoms. The van der Waals surface area contributed by atoms with Crippen LogP contribution in [0.4, 0.5) is 5.69 Å². The number of carbonyl (C=O) groups is 1. The molecule has 0 saturated carbocycles. The van der Waals surface area contributed by atoms with Crippen LogP contribution in [0.5, 0.6) is 0 Å². The Labute approximate surface area is 136 Å². The fourth-order valence-electron chi connectivity index (χ4n) is 2.22. The molecule has 0 radical (unpaired) electrons. The van der Waals surface area contributed by atoms with Gasteiger partial charge in [-0.3, -0.25) is 4.79 Å². The van der Waals surface area contributed by atoms with Gasteiger partial charge >= 0.3 is 0 Å². The SMILES string of the molecule is Cc1c(Cl)cccc1NC(=O)CCNC(C)c1ccccc1. The van der Waals surface area contributed by atoms with E-state index in [2.05, 4.69) is 29.7 Å². The molecular weight excluding hydrogens is 296 g/mol. The zero-order chi connectivity index (χ0) is 15.9. The second kappa shape index (κ2) is 7.97. The molecule has 0 aliphatic heterocycles. The van der Waals surface area contributed by atoms with Crippen LogP contribution < -0.4 is 10.6 Å². The van der Waals surface area contributed by atoms with E-state index in [1.165, 1.54) is 5.56 Å². The molecule has 2 N–H and O–H groups in total. The summed E-state index contributed by atoms with van der Waals surface area (Å²) in [6.07, 6.45) is 0.420. The predicted molar refractivity (Wildman–Crippen MR) is 92.3 cm³/mol. The molecule has 0 saturated heterocycles. The topological polar surface area (TPSA) is 41.1 Å². The number of amides is 1. The molecule has 1 unspecified atom stereocenters. The summed E-state index contributed by atoms with van der Waals surface area (Å²) in [5, 5.41) is 6.92. The van der Waals surface area contributed by atoms with Gasteiger partial charge in [-0.15, -0.1) is 0 Å². The number of carbonyl (C=O) groups excluding carboxylic acids is 1. The van der Waals surface area contributed by atoms with Crippen molar-refractivity contribution < 1.29 is 4.79 Å². The van der Waals surface area contributed by atoms with Gasteiger partial charge in [-0.25, -0.2) is 0 Å². The van der Waals surface area contributed by atoms with Crippen LogP contribution in [0.2, 0.25) is 5.02 Å². The van der Waals surface area contributed by atoms with Crippen LogP contribution in [0.3, 0.4) is 0 Å². The molecule has 0 aliphatic rings. The maximum atomic E-state index is 12.0. The number of rotatable bonds is 6. The molecule has 22 heavy (non-hydrogen) atoms. The van der Waals surface area contributed by atoms with Crippen molar-refractivity contribution in [2.24, 2.45) is 0 Å². The van der Waals surface area contributed by atoms with Crippen LogP contribution in [0.1, 0.15) is 30.5 Å². The first kappa shape index (κ1) is 16.5. The fourth-order valence-corrected chi connectivity index (χ4v) is 2.39. The van der Waals surface area contributed by atoms with Gasteiger partial charge in [0.05, 0.1) is 0 Å². The maximum Gasteiger partial charge on any atom is 0.225 e. The third kappa shape index (κ3) is 4.58. The highest BCUT2D eigenvalue weighted by Crippen LogP contribution is 2.22. The first-order chi connectivity index (χ1) is 10.6. The molecule has 0 fully saturated rings. The van der Waals surface area contributed by atoms with Crippen LogP contribution in [0, 0.1) is 6.92 Å². The fraction of sp³-hybridized carbons (Fsp3) is 0.278. The van der Waals surface area contributed by atoms with Crippen molar-refractivity contribution in [3.63, 3.8) is 0 Å². The summed E-state index contributed by atoms with van der Waals surface area (Å²) in [7, 11) is 0. The molecule has 4 heteroatoms. The summed E-state index contributed by atoms with van der Waals surface area (Å²) < 4.78 is 0. The summed E-state index contributed by atoms with van der Waals surface area (Å²) in [4.78, 5) is 12.0. The van der Waals surface area contributed by atoms with E-state index in [0.717, 1.165) is 11.3 Å². The van der Waals surface area contributed by atoms with Crippen molar-refractivity contribution in [3.8, 4) is 0 Å². The Morgan fingerprint density at radius 1 is 1.14 bits per heavy atom. The molecule has 1 amide bonds. The smallest absolute Gasteiger partial charge is 0.225 e. The Kier molecular flexibility index (Phi) is 5.99. The van der Waals surface area contributed by atoms with Gasteiger partial charge in [-0.1, -0.05) is 48.0 Å². The average Bonchev–Trinajstić information content (AvgIpc) is 2.52. The van der Waals surface area contributed by atoms with Gasteiger partial charge < -0.3 is 10.6 Å². The van der Waals surface area contributed by atoms with Crippen molar-refractivity contribution >= 4 is 23.2 Å². The molecule has 0 spiro atoms. The quantitative estimate of drug-likeness (QED) is 0.833. The summed E-state index contributed by atoms with van der Waals surface area (Å²) in [6.45, 7) is 4.61. The van der Waals surface area contributed by atoms with E-state index in [9.17, 15) is 4.79 Å². The lowest BCUT2D eigenvalue weighted by Crippen LogP contribution is -2.24. The van der Waals surface area contributed by atoms with Crippen LogP contribution >= 0.6 is 11.6 Å². The number of hydrogen-bond donors (Lipinski definition) is 2. The highest BCUT2D eigenvalue weighted by Gasteiger charge is 2.08. The Morgan fingerprint density at radius 2 is 1.86 bits per heavy atom. The number of nitrogens with one attached hydrogen (secondary N) is 2. The van der Waals surface area contributed by atoms with E-state index in [4.69, 9.17) is 11.6 Å². The lowest BCUT2D eigenvalue weighted by atomic mass is 10.1. The Bertz CT molecular complexity index is 628. The number of halogens is 1. The van der Waals surface area contributed by atoms with Gasteiger partial charge in [0, 0.05) is 29.7 Å². The second-order valence-corrected chi connectivity index (χ2v) is 5.70. The molecule has 2 rings (SSSR count). The number of benzene rings is 2. The lowest BCUT2D eigenvalue weighted by Gasteiger charge is -2.14. The van der Waals surface area contributed by atoms with Crippen molar-refractivity contribution in [1.82, 2.24) is 5.32 Å². The van der Waals surface area contributed by atoms with Crippen LogP contribution in [-0.4, -0.2) is 12.5 Å². The average molecular weight is 317 g/mol. The Balaban J connectivity index is 1.80. The van der Waals surface area contributed by atoms with Crippen LogP contribution in [0.15, 0.2) is 48.5 Å². The standard InChI is InChI=1S/C18H21ClN2O/c1-13-16(19)9-6-10-17(13)21-18(22)11-12-20-14(2)15-7-4-3-5-8-15/h3-10,14,20H,11-12H2,1-2H3,(H,21,22). The Morgan fingerprint density at radius 3 is 2.59 bits per heavy atom. The third-order valence-electron chi connectivity index (χ3n) is 3.64. The largest absolute Gasteiger partial charge is 0.326 e. The Hall–Kier alpha value is -1.84. The zero-order valence-corrected chi connectivity index (χ0v) is 13.7. The van der Waals surface area contributed by atoms with Crippen LogP contribution in [-0.2, 0) is 4.79 Å². The van der Waals surface area contributed by atoms with Gasteiger partial charge in [-0.05, 0) is 37.1 Å². The molecule has 1 atom stereocenters. The van der Waals surface area contributed by atoms with E-state index in [-0.39, 0.29) is 11.9 Å². The molecule has 0 heterocycles. The molecule has 2 aromatic carbocycles. The van der Waals surface area contributed by atoms with E-state index in [1.807, 2.05) is 43.3 Å². The third-order valence-corrected chi connectivity index (χ3v) is 4.05. The van der Waals surface area contributed by atoms with Crippen molar-refractivity contribution in [3.05, 3.63) is 64.7 Å². The van der Waals surface area contributed by atoms with Crippen LogP contribution in [0.25, 0.3) is 0 Å². The minimum absolute atomic E-state index is 0.0156. The van der Waals surface area contributed by atoms with E-state index in [0.29, 0.717) is 18.0 Å². The maximum absolute atomic E-state index is 12.0. The van der Waals surface area contributed by atoms with Gasteiger partial charge in [0.1, 0.15) is 0 Å².